The van der Waals surface area contributed by atoms with Gasteiger partial charge in [0.2, 0.25) is 0 Å². The summed E-state index contributed by atoms with van der Waals surface area (Å²) in [5, 5.41) is 7.12. The maximum absolute atomic E-state index is 5.86. The van der Waals surface area contributed by atoms with Gasteiger partial charge < -0.3 is 10.1 Å². The molecule has 0 spiro atoms. The standard InChI is InChI=1S/C15H26N2OS/c1-4-7-16-13(9-15-17-11(3)10-19-15)12-6-8-18-14(12)5-2/h10,12-14,16H,4-9H2,1-3H3. The van der Waals surface area contributed by atoms with E-state index in [-0.39, 0.29) is 0 Å². The third-order valence-electron chi connectivity index (χ3n) is 3.90. The van der Waals surface area contributed by atoms with Crippen molar-refractivity contribution in [3.05, 3.63) is 16.1 Å². The predicted molar refractivity (Wildman–Crippen MR) is 80.8 cm³/mol. The summed E-state index contributed by atoms with van der Waals surface area (Å²) in [6, 6.07) is 0.512. The summed E-state index contributed by atoms with van der Waals surface area (Å²) in [5.74, 6) is 0.640. The number of rotatable bonds is 7. The summed E-state index contributed by atoms with van der Waals surface area (Å²) >= 11 is 1.79. The van der Waals surface area contributed by atoms with Gasteiger partial charge in [0.15, 0.2) is 0 Å². The van der Waals surface area contributed by atoms with Crippen molar-refractivity contribution in [3.63, 3.8) is 0 Å². The molecule has 0 amide bonds. The molecule has 1 fully saturated rings. The summed E-state index contributed by atoms with van der Waals surface area (Å²) in [6.45, 7) is 8.53. The zero-order chi connectivity index (χ0) is 13.7. The summed E-state index contributed by atoms with van der Waals surface area (Å²) in [4.78, 5) is 4.62. The zero-order valence-corrected chi connectivity index (χ0v) is 13.1. The second-order valence-corrected chi connectivity index (χ2v) is 6.36. The van der Waals surface area contributed by atoms with Gasteiger partial charge in [0.1, 0.15) is 0 Å². The van der Waals surface area contributed by atoms with Crippen molar-refractivity contribution in [1.29, 1.82) is 0 Å². The number of hydrogen-bond acceptors (Lipinski definition) is 4. The first-order valence-corrected chi connectivity index (χ1v) is 8.38. The summed E-state index contributed by atoms with van der Waals surface area (Å²) in [7, 11) is 0. The lowest BCUT2D eigenvalue weighted by Crippen LogP contribution is -2.41. The number of nitrogens with zero attached hydrogens (tertiary/aromatic N) is 1. The molecule has 1 aliphatic heterocycles. The summed E-state index contributed by atoms with van der Waals surface area (Å²) < 4.78 is 5.86. The van der Waals surface area contributed by atoms with Crippen molar-refractivity contribution in [3.8, 4) is 0 Å². The van der Waals surface area contributed by atoms with E-state index in [9.17, 15) is 0 Å². The number of aryl methyl sites for hydroxylation is 1. The molecule has 1 saturated heterocycles. The van der Waals surface area contributed by atoms with Gasteiger partial charge in [-0.2, -0.15) is 0 Å². The van der Waals surface area contributed by atoms with Crippen LogP contribution in [0.4, 0.5) is 0 Å². The highest BCUT2D eigenvalue weighted by molar-refractivity contribution is 7.09. The summed E-state index contributed by atoms with van der Waals surface area (Å²) in [5.41, 5.74) is 1.14. The van der Waals surface area contributed by atoms with Gasteiger partial charge in [-0.15, -0.1) is 11.3 Å². The Morgan fingerprint density at radius 2 is 2.37 bits per heavy atom. The Kier molecular flexibility index (Phi) is 5.79. The lowest BCUT2D eigenvalue weighted by Gasteiger charge is -2.27. The highest BCUT2D eigenvalue weighted by Crippen LogP contribution is 2.28. The molecule has 3 atom stereocenters. The van der Waals surface area contributed by atoms with Crippen LogP contribution < -0.4 is 5.32 Å². The van der Waals surface area contributed by atoms with E-state index in [1.165, 1.54) is 17.8 Å². The SMILES string of the molecule is CCCNC(Cc1nc(C)cs1)C1CCOC1CC. The highest BCUT2D eigenvalue weighted by Gasteiger charge is 2.33. The van der Waals surface area contributed by atoms with Crippen LogP contribution in [-0.2, 0) is 11.2 Å². The molecule has 0 radical (unpaired) electrons. The molecule has 3 nitrogen and oxygen atoms in total. The minimum absolute atomic E-state index is 0.426. The average Bonchev–Trinajstić information content (AvgIpc) is 3.03. The molecule has 1 N–H and O–H groups in total. The average molecular weight is 282 g/mol. The van der Waals surface area contributed by atoms with Crippen molar-refractivity contribution in [2.45, 2.75) is 58.6 Å². The minimum Gasteiger partial charge on any atom is -0.378 e. The van der Waals surface area contributed by atoms with Crippen LogP contribution in [0, 0.1) is 12.8 Å². The van der Waals surface area contributed by atoms with Crippen molar-refractivity contribution < 1.29 is 4.74 Å². The Morgan fingerprint density at radius 1 is 1.53 bits per heavy atom. The minimum atomic E-state index is 0.426. The Balaban J connectivity index is 2.02. The van der Waals surface area contributed by atoms with Crippen LogP contribution in [0.1, 0.15) is 43.8 Å². The molecular weight excluding hydrogens is 256 g/mol. The maximum Gasteiger partial charge on any atom is 0.0943 e. The van der Waals surface area contributed by atoms with Crippen LogP contribution in [0.5, 0.6) is 0 Å². The molecule has 0 aliphatic carbocycles. The zero-order valence-electron chi connectivity index (χ0n) is 12.3. The number of ether oxygens (including phenoxy) is 1. The Hall–Kier alpha value is -0.450. The van der Waals surface area contributed by atoms with Gasteiger partial charge in [-0.25, -0.2) is 4.98 Å². The number of hydrogen-bond donors (Lipinski definition) is 1. The highest BCUT2D eigenvalue weighted by atomic mass is 32.1. The molecule has 0 saturated carbocycles. The molecule has 19 heavy (non-hydrogen) atoms. The second-order valence-electron chi connectivity index (χ2n) is 5.42. The maximum atomic E-state index is 5.86. The van der Waals surface area contributed by atoms with Gasteiger partial charge in [-0.3, -0.25) is 0 Å². The third kappa shape index (κ3) is 4.01. The molecule has 0 aromatic carbocycles. The van der Waals surface area contributed by atoms with Crippen molar-refractivity contribution in [2.75, 3.05) is 13.2 Å². The molecule has 1 aromatic rings. The fourth-order valence-corrected chi connectivity index (χ4v) is 3.77. The van der Waals surface area contributed by atoms with Gasteiger partial charge >= 0.3 is 0 Å². The quantitative estimate of drug-likeness (QED) is 0.834. The van der Waals surface area contributed by atoms with Gasteiger partial charge in [0, 0.05) is 36.1 Å². The number of aromatic nitrogens is 1. The fraction of sp³-hybridized carbons (Fsp3) is 0.800. The van der Waals surface area contributed by atoms with E-state index in [1.807, 2.05) is 0 Å². The van der Waals surface area contributed by atoms with E-state index in [2.05, 4.69) is 36.5 Å². The van der Waals surface area contributed by atoms with Crippen LogP contribution in [0.2, 0.25) is 0 Å². The Bertz CT molecular complexity index is 380. The van der Waals surface area contributed by atoms with E-state index < -0.39 is 0 Å². The van der Waals surface area contributed by atoms with Gasteiger partial charge in [0.25, 0.3) is 0 Å². The molecular formula is C15H26N2OS. The lowest BCUT2D eigenvalue weighted by molar-refractivity contribution is 0.0774. The first-order valence-electron chi connectivity index (χ1n) is 7.50. The van der Waals surface area contributed by atoms with E-state index in [4.69, 9.17) is 4.74 Å². The predicted octanol–water partition coefficient (Wildman–Crippen LogP) is 3.18. The lowest BCUT2D eigenvalue weighted by atomic mass is 9.89. The monoisotopic (exact) mass is 282 g/mol. The molecule has 2 heterocycles. The van der Waals surface area contributed by atoms with Gasteiger partial charge in [-0.05, 0) is 32.7 Å². The first-order chi connectivity index (χ1) is 9.24. The summed E-state index contributed by atoms with van der Waals surface area (Å²) in [6.07, 6.45) is 4.95. The molecule has 0 bridgehead atoms. The number of nitrogens with one attached hydrogen (secondary N) is 1. The third-order valence-corrected chi connectivity index (χ3v) is 4.89. The fourth-order valence-electron chi connectivity index (χ4n) is 2.94. The van der Waals surface area contributed by atoms with Crippen LogP contribution in [0.15, 0.2) is 5.38 Å². The van der Waals surface area contributed by atoms with Crippen LogP contribution in [0.25, 0.3) is 0 Å². The largest absolute Gasteiger partial charge is 0.378 e. The van der Waals surface area contributed by atoms with Gasteiger partial charge in [0.05, 0.1) is 11.1 Å². The van der Waals surface area contributed by atoms with E-state index in [0.717, 1.165) is 31.7 Å². The van der Waals surface area contributed by atoms with Crippen LogP contribution >= 0.6 is 11.3 Å². The van der Waals surface area contributed by atoms with Crippen molar-refractivity contribution in [2.24, 2.45) is 5.92 Å². The molecule has 108 valence electrons. The smallest absolute Gasteiger partial charge is 0.0943 e. The number of thiazole rings is 1. The molecule has 1 aromatic heterocycles. The molecule has 2 rings (SSSR count). The van der Waals surface area contributed by atoms with Crippen molar-refractivity contribution in [1.82, 2.24) is 10.3 Å². The Morgan fingerprint density at radius 3 is 3.00 bits per heavy atom. The van der Waals surface area contributed by atoms with E-state index in [0.29, 0.717) is 18.1 Å². The molecule has 3 unspecified atom stereocenters. The molecule has 1 aliphatic rings. The van der Waals surface area contributed by atoms with Gasteiger partial charge in [-0.1, -0.05) is 13.8 Å². The van der Waals surface area contributed by atoms with Crippen LogP contribution in [-0.4, -0.2) is 30.3 Å². The molecule has 4 heteroatoms. The Labute approximate surface area is 120 Å². The first kappa shape index (κ1) is 14.9. The normalized spacial score (nSPS) is 24.8. The van der Waals surface area contributed by atoms with E-state index >= 15 is 0 Å². The van der Waals surface area contributed by atoms with Crippen molar-refractivity contribution >= 4 is 11.3 Å². The van der Waals surface area contributed by atoms with Crippen LogP contribution in [0.3, 0.4) is 0 Å². The second kappa shape index (κ2) is 7.36. The van der Waals surface area contributed by atoms with E-state index in [1.54, 1.807) is 11.3 Å². The topological polar surface area (TPSA) is 34.2 Å².